The SMILES string of the molecule is O=C(NC(=O)[C@@H]1CCCN1)c1cccc(Cl)c1-n1cnc(Cn2nc(-c3ccc(Cl)cc3)n(C[C@H](O)C(F)(F)F)c2=O)n1. The minimum Gasteiger partial charge on any atom is -0.382 e. The zero-order valence-electron chi connectivity index (χ0n) is 22.1. The molecule has 3 heterocycles. The molecule has 43 heavy (non-hydrogen) atoms. The van der Waals surface area contributed by atoms with Crippen molar-refractivity contribution >= 4 is 35.0 Å². The number of benzene rings is 2. The largest absolute Gasteiger partial charge is 0.416 e. The van der Waals surface area contributed by atoms with E-state index >= 15 is 0 Å². The van der Waals surface area contributed by atoms with Crippen molar-refractivity contribution in [2.75, 3.05) is 6.54 Å². The number of hydrogen-bond acceptors (Lipinski definition) is 8. The van der Waals surface area contributed by atoms with Gasteiger partial charge in [-0.2, -0.15) is 13.2 Å². The summed E-state index contributed by atoms with van der Waals surface area (Å²) in [6.45, 7) is -0.809. The number of alkyl halides is 3. The van der Waals surface area contributed by atoms with Crippen LogP contribution in [-0.4, -0.2) is 70.9 Å². The molecule has 0 aliphatic carbocycles. The highest BCUT2D eigenvalue weighted by atomic mass is 35.5. The number of rotatable bonds is 8. The van der Waals surface area contributed by atoms with E-state index in [-0.39, 0.29) is 40.0 Å². The van der Waals surface area contributed by atoms with Crippen molar-refractivity contribution in [3.05, 3.63) is 80.7 Å². The highest BCUT2D eigenvalue weighted by Gasteiger charge is 2.39. The van der Waals surface area contributed by atoms with Crippen molar-refractivity contribution in [1.82, 2.24) is 39.7 Å². The molecular formula is C26H23Cl2F3N8O4. The van der Waals surface area contributed by atoms with Crippen molar-refractivity contribution in [1.29, 1.82) is 0 Å². The van der Waals surface area contributed by atoms with Gasteiger partial charge in [-0.05, 0) is 55.8 Å². The van der Waals surface area contributed by atoms with Gasteiger partial charge in [0, 0.05) is 10.6 Å². The Balaban J connectivity index is 1.44. The number of nitrogens with one attached hydrogen (secondary N) is 2. The quantitative estimate of drug-likeness (QED) is 0.249. The average Bonchev–Trinajstić information content (AvgIpc) is 3.71. The highest BCUT2D eigenvalue weighted by Crippen LogP contribution is 2.26. The number of para-hydroxylation sites is 1. The number of aromatic nitrogens is 6. The number of imide groups is 1. The molecular weight excluding hydrogens is 616 g/mol. The third-order valence-corrected chi connectivity index (χ3v) is 7.22. The Kier molecular flexibility index (Phi) is 8.69. The van der Waals surface area contributed by atoms with Crippen LogP contribution >= 0.6 is 23.2 Å². The van der Waals surface area contributed by atoms with Crippen LogP contribution in [-0.2, 0) is 17.9 Å². The second-order valence-electron chi connectivity index (χ2n) is 9.65. The zero-order valence-corrected chi connectivity index (χ0v) is 23.6. The molecule has 0 saturated carbocycles. The van der Waals surface area contributed by atoms with Gasteiger partial charge in [0.1, 0.15) is 12.9 Å². The number of aliphatic hydroxyl groups excluding tert-OH is 1. The van der Waals surface area contributed by atoms with E-state index in [2.05, 4.69) is 25.8 Å². The Labute approximate surface area is 251 Å². The summed E-state index contributed by atoms with van der Waals surface area (Å²) >= 11 is 12.3. The number of nitrogens with zero attached hydrogens (tertiary/aromatic N) is 6. The number of carbonyl (C=O) groups is 2. The smallest absolute Gasteiger partial charge is 0.382 e. The van der Waals surface area contributed by atoms with E-state index in [0.717, 1.165) is 11.1 Å². The number of amides is 2. The molecule has 3 N–H and O–H groups in total. The van der Waals surface area contributed by atoms with E-state index in [1.54, 1.807) is 0 Å². The first-order chi connectivity index (χ1) is 20.4. The molecule has 1 saturated heterocycles. The van der Waals surface area contributed by atoms with Gasteiger partial charge >= 0.3 is 11.9 Å². The topological polar surface area (TPSA) is 149 Å². The number of hydrogen-bond donors (Lipinski definition) is 3. The van der Waals surface area contributed by atoms with Gasteiger partial charge in [-0.25, -0.2) is 19.1 Å². The summed E-state index contributed by atoms with van der Waals surface area (Å²) in [6.07, 6.45) is -5.17. The average molecular weight is 639 g/mol. The summed E-state index contributed by atoms with van der Waals surface area (Å²) in [7, 11) is 0. The Hall–Kier alpha value is -4.05. The summed E-state index contributed by atoms with van der Waals surface area (Å²) in [5, 5.41) is 24.0. The maximum atomic E-state index is 13.2. The van der Waals surface area contributed by atoms with Crippen molar-refractivity contribution in [3.63, 3.8) is 0 Å². The molecule has 12 nitrogen and oxygen atoms in total. The predicted molar refractivity (Wildman–Crippen MR) is 148 cm³/mol. The Bertz CT molecular complexity index is 1710. The molecule has 226 valence electrons. The molecule has 0 spiro atoms. The van der Waals surface area contributed by atoms with E-state index in [1.165, 1.54) is 53.5 Å². The van der Waals surface area contributed by atoms with Gasteiger partial charge in [0.2, 0.25) is 5.91 Å². The Morgan fingerprint density at radius 2 is 1.88 bits per heavy atom. The fraction of sp³-hybridized carbons (Fsp3) is 0.308. The van der Waals surface area contributed by atoms with Crippen molar-refractivity contribution in [2.45, 2.75) is 44.3 Å². The fourth-order valence-corrected chi connectivity index (χ4v) is 4.90. The predicted octanol–water partition coefficient (Wildman–Crippen LogP) is 2.58. The molecule has 1 aliphatic rings. The van der Waals surface area contributed by atoms with Gasteiger partial charge in [-0.1, -0.05) is 29.3 Å². The van der Waals surface area contributed by atoms with Gasteiger partial charge in [0.15, 0.2) is 17.8 Å². The van der Waals surface area contributed by atoms with E-state index in [0.29, 0.717) is 22.6 Å². The van der Waals surface area contributed by atoms with Crippen LogP contribution in [0.5, 0.6) is 0 Å². The summed E-state index contributed by atoms with van der Waals surface area (Å²) in [5.41, 5.74) is -0.535. The summed E-state index contributed by atoms with van der Waals surface area (Å²) in [4.78, 5) is 42.8. The maximum Gasteiger partial charge on any atom is 0.416 e. The zero-order chi connectivity index (χ0) is 30.9. The van der Waals surface area contributed by atoms with E-state index in [4.69, 9.17) is 23.2 Å². The molecule has 0 bridgehead atoms. The normalized spacial score (nSPS) is 15.9. The van der Waals surface area contributed by atoms with Gasteiger partial charge < -0.3 is 10.4 Å². The van der Waals surface area contributed by atoms with Crippen LogP contribution in [0, 0.1) is 0 Å². The lowest BCUT2D eigenvalue weighted by Crippen LogP contribution is -2.43. The second-order valence-corrected chi connectivity index (χ2v) is 10.5. The van der Waals surface area contributed by atoms with E-state index < -0.39 is 42.4 Å². The highest BCUT2D eigenvalue weighted by molar-refractivity contribution is 6.33. The summed E-state index contributed by atoms with van der Waals surface area (Å²) < 4.78 is 42.2. The summed E-state index contributed by atoms with van der Waals surface area (Å²) in [5.74, 6) is -1.33. The minimum absolute atomic E-state index is 0.00304. The number of aliphatic hydroxyl groups is 1. The molecule has 1 aliphatic heterocycles. The monoisotopic (exact) mass is 638 g/mol. The van der Waals surface area contributed by atoms with Crippen LogP contribution < -0.4 is 16.3 Å². The van der Waals surface area contributed by atoms with Gasteiger partial charge in [-0.15, -0.1) is 10.2 Å². The second kappa shape index (κ2) is 12.3. The van der Waals surface area contributed by atoms with Crippen molar-refractivity contribution in [2.24, 2.45) is 0 Å². The van der Waals surface area contributed by atoms with Crippen molar-refractivity contribution in [3.8, 4) is 17.1 Å². The third kappa shape index (κ3) is 6.64. The van der Waals surface area contributed by atoms with Gasteiger partial charge in [0.05, 0.1) is 28.9 Å². The fourth-order valence-electron chi connectivity index (χ4n) is 4.52. The van der Waals surface area contributed by atoms with E-state index in [1.807, 2.05) is 0 Å². The molecule has 4 aromatic rings. The molecule has 0 radical (unpaired) electrons. The van der Waals surface area contributed by atoms with Gasteiger partial charge in [0.25, 0.3) is 5.91 Å². The molecule has 2 aromatic carbocycles. The standard InChI is InChI=1S/C26H23Cl2F3N8O4/c27-15-8-6-14(7-9-15)22-36-38(25(43)37(22)11-19(40)26(29,30)31)12-20-33-13-39(35-20)21-16(3-1-4-17(21)28)23(41)34-24(42)18-5-2-10-32-18/h1,3-4,6-9,13,18-19,32,40H,2,5,10-12H2,(H,34,41,42)/t18-,19-/m0/s1. The van der Waals surface area contributed by atoms with Crippen molar-refractivity contribution < 1.29 is 27.9 Å². The maximum absolute atomic E-state index is 13.2. The summed E-state index contributed by atoms with van der Waals surface area (Å²) in [6, 6.07) is 9.88. The molecule has 2 amide bonds. The number of halogens is 5. The minimum atomic E-state index is -4.98. The Morgan fingerprint density at radius 3 is 2.56 bits per heavy atom. The lowest BCUT2D eigenvalue weighted by Gasteiger charge is -2.15. The molecule has 1 fully saturated rings. The van der Waals surface area contributed by atoms with Crippen LogP contribution in [0.2, 0.25) is 10.0 Å². The van der Waals surface area contributed by atoms with Crippen LogP contribution in [0.1, 0.15) is 29.0 Å². The van der Waals surface area contributed by atoms with Gasteiger partial charge in [-0.3, -0.25) is 19.5 Å². The van der Waals surface area contributed by atoms with Crippen LogP contribution in [0.4, 0.5) is 13.2 Å². The first-order valence-corrected chi connectivity index (χ1v) is 13.6. The lowest BCUT2D eigenvalue weighted by atomic mass is 10.1. The number of carbonyl (C=O) groups excluding carboxylic acids is 2. The molecule has 2 atom stereocenters. The van der Waals surface area contributed by atoms with E-state index in [9.17, 15) is 32.7 Å². The third-order valence-electron chi connectivity index (χ3n) is 6.66. The van der Waals surface area contributed by atoms with Crippen LogP contribution in [0.3, 0.4) is 0 Å². The van der Waals surface area contributed by atoms with Crippen LogP contribution in [0.25, 0.3) is 17.1 Å². The lowest BCUT2D eigenvalue weighted by molar-refractivity contribution is -0.207. The molecule has 17 heteroatoms. The molecule has 2 aromatic heterocycles. The molecule has 5 rings (SSSR count). The molecule has 0 unspecified atom stereocenters. The first kappa shape index (κ1) is 30.4. The Morgan fingerprint density at radius 1 is 1.14 bits per heavy atom. The van der Waals surface area contributed by atoms with Crippen LogP contribution in [0.15, 0.2) is 53.6 Å². The first-order valence-electron chi connectivity index (χ1n) is 12.9.